The van der Waals surface area contributed by atoms with Crippen LogP contribution in [-0.2, 0) is 23.1 Å². The molecule has 0 fully saturated rings. The highest BCUT2D eigenvalue weighted by Crippen LogP contribution is 2.16. The van der Waals surface area contributed by atoms with Crippen LogP contribution >= 0.6 is 0 Å². The highest BCUT2D eigenvalue weighted by molar-refractivity contribution is 6.01. The summed E-state index contributed by atoms with van der Waals surface area (Å²) in [6, 6.07) is 11.8. The number of carbonyl (C=O) groups excluding carboxylic acids is 2. The summed E-state index contributed by atoms with van der Waals surface area (Å²) in [6.45, 7) is 1.61. The Hall–Kier alpha value is -3.75. The maximum Gasteiger partial charge on any atom is 0.346 e. The fraction of sp³-hybridized carbons (Fsp3) is 0.211. The van der Waals surface area contributed by atoms with Gasteiger partial charge in [-0.05, 0) is 31.2 Å². The Morgan fingerprint density at radius 3 is 2.61 bits per heavy atom. The van der Waals surface area contributed by atoms with Crippen molar-refractivity contribution in [3.63, 3.8) is 0 Å². The minimum Gasteiger partial charge on any atom is -0.462 e. The molecule has 0 aliphatic heterocycles. The molecule has 1 amide bonds. The van der Waals surface area contributed by atoms with Gasteiger partial charge in [0.25, 0.3) is 0 Å². The van der Waals surface area contributed by atoms with E-state index >= 15 is 0 Å². The van der Waals surface area contributed by atoms with Gasteiger partial charge in [-0.15, -0.1) is 5.10 Å². The van der Waals surface area contributed by atoms with Gasteiger partial charge in [0.2, 0.25) is 5.91 Å². The molecule has 0 unspecified atom stereocenters. The number of hydrogen-bond acceptors (Lipinski definition) is 6. The Kier molecular flexibility index (Phi) is 5.64. The van der Waals surface area contributed by atoms with Gasteiger partial charge >= 0.3 is 11.7 Å². The second kappa shape index (κ2) is 8.30. The van der Waals surface area contributed by atoms with Gasteiger partial charge in [0.1, 0.15) is 12.2 Å². The quantitative estimate of drug-likeness (QED) is 0.648. The van der Waals surface area contributed by atoms with Crippen LogP contribution in [0.3, 0.4) is 0 Å². The van der Waals surface area contributed by atoms with Crippen LogP contribution in [0.4, 0.5) is 5.69 Å². The van der Waals surface area contributed by atoms with Crippen molar-refractivity contribution in [1.29, 1.82) is 0 Å². The number of anilines is 1. The van der Waals surface area contributed by atoms with E-state index in [-0.39, 0.29) is 18.7 Å². The van der Waals surface area contributed by atoms with E-state index in [4.69, 9.17) is 4.74 Å². The third-order valence-corrected chi connectivity index (χ3v) is 3.92. The van der Waals surface area contributed by atoms with E-state index in [1.165, 1.54) is 4.57 Å². The van der Waals surface area contributed by atoms with Crippen LogP contribution in [0, 0.1) is 0 Å². The topological polar surface area (TPSA) is 108 Å². The molecule has 2 aromatic heterocycles. The molecule has 0 bridgehead atoms. The van der Waals surface area contributed by atoms with Crippen molar-refractivity contribution in [2.75, 3.05) is 11.9 Å². The Bertz CT molecular complexity index is 1060. The number of esters is 1. The van der Waals surface area contributed by atoms with E-state index in [2.05, 4.69) is 15.4 Å². The first-order valence-electron chi connectivity index (χ1n) is 8.62. The van der Waals surface area contributed by atoms with E-state index in [0.717, 1.165) is 4.68 Å². The van der Waals surface area contributed by atoms with E-state index in [1.54, 1.807) is 62.6 Å². The van der Waals surface area contributed by atoms with Gasteiger partial charge in [0.05, 0.1) is 17.9 Å². The molecule has 9 heteroatoms. The first-order chi connectivity index (χ1) is 13.5. The number of para-hydroxylation sites is 1. The van der Waals surface area contributed by atoms with Gasteiger partial charge in [-0.2, -0.15) is 0 Å². The lowest BCUT2D eigenvalue weighted by molar-refractivity contribution is -0.117. The highest BCUT2D eigenvalue weighted by atomic mass is 16.5. The molecule has 0 spiro atoms. The minimum absolute atomic E-state index is 0.223. The zero-order valence-electron chi connectivity index (χ0n) is 15.5. The number of nitrogens with one attached hydrogen (secondary N) is 1. The molecule has 0 saturated carbocycles. The number of benzene rings is 1. The Labute approximate surface area is 160 Å². The lowest BCUT2D eigenvalue weighted by Crippen LogP contribution is -2.29. The summed E-state index contributed by atoms with van der Waals surface area (Å²) >= 11 is 0. The molecule has 3 aromatic rings. The van der Waals surface area contributed by atoms with Crippen molar-refractivity contribution >= 4 is 17.6 Å². The molecule has 28 heavy (non-hydrogen) atoms. The predicted molar refractivity (Wildman–Crippen MR) is 102 cm³/mol. The molecule has 3 rings (SSSR count). The number of nitrogens with zero attached hydrogens (tertiary/aromatic N) is 4. The molecule has 1 aromatic carbocycles. The van der Waals surface area contributed by atoms with Crippen molar-refractivity contribution in [1.82, 2.24) is 19.3 Å². The molecule has 0 atom stereocenters. The minimum atomic E-state index is -0.536. The molecular formula is C19H19N5O4. The Morgan fingerprint density at radius 2 is 1.89 bits per heavy atom. The largest absolute Gasteiger partial charge is 0.462 e. The first kappa shape index (κ1) is 19.0. The number of hydrogen-bond donors (Lipinski definition) is 1. The summed E-state index contributed by atoms with van der Waals surface area (Å²) in [6.07, 6.45) is 1.60. The number of carbonyl (C=O) groups is 2. The SMILES string of the molecule is CCOC(=O)c1ccccc1NC(=O)Cn1nc(-c2ccccn2)n(C)c1=O. The van der Waals surface area contributed by atoms with Crippen LogP contribution < -0.4 is 11.0 Å². The monoisotopic (exact) mass is 381 g/mol. The molecule has 2 heterocycles. The second-order valence-corrected chi connectivity index (χ2v) is 5.85. The number of aromatic nitrogens is 4. The summed E-state index contributed by atoms with van der Waals surface area (Å²) in [5, 5.41) is 6.83. The van der Waals surface area contributed by atoms with Crippen LogP contribution in [0.15, 0.2) is 53.5 Å². The first-order valence-corrected chi connectivity index (χ1v) is 8.62. The zero-order valence-corrected chi connectivity index (χ0v) is 15.5. The summed E-state index contributed by atoms with van der Waals surface area (Å²) in [7, 11) is 1.56. The molecule has 0 saturated heterocycles. The molecule has 9 nitrogen and oxygen atoms in total. The predicted octanol–water partition coefficient (Wildman–Crippen LogP) is 1.46. The summed E-state index contributed by atoms with van der Waals surface area (Å²) < 4.78 is 7.36. The van der Waals surface area contributed by atoms with Gasteiger partial charge in [-0.1, -0.05) is 18.2 Å². The van der Waals surface area contributed by atoms with Crippen molar-refractivity contribution in [2.24, 2.45) is 7.05 Å². The standard InChI is InChI=1S/C19H19N5O4/c1-3-28-18(26)13-8-4-5-9-14(13)21-16(25)12-24-19(27)23(2)17(22-24)15-10-6-7-11-20-15/h4-11H,3,12H2,1-2H3,(H,21,25). The maximum atomic E-state index is 12.4. The van der Waals surface area contributed by atoms with Crippen LogP contribution in [0.25, 0.3) is 11.5 Å². The molecule has 0 aliphatic rings. The van der Waals surface area contributed by atoms with Gasteiger partial charge in [0, 0.05) is 13.2 Å². The smallest absolute Gasteiger partial charge is 0.346 e. The van der Waals surface area contributed by atoms with Crippen molar-refractivity contribution < 1.29 is 14.3 Å². The maximum absolute atomic E-state index is 12.4. The average molecular weight is 381 g/mol. The Balaban J connectivity index is 1.80. The van der Waals surface area contributed by atoms with Crippen molar-refractivity contribution in [2.45, 2.75) is 13.5 Å². The van der Waals surface area contributed by atoms with E-state index in [1.807, 2.05) is 0 Å². The number of rotatable bonds is 6. The summed E-state index contributed by atoms with van der Waals surface area (Å²) in [5.41, 5.74) is 0.614. The van der Waals surface area contributed by atoms with Gasteiger partial charge in [-0.3, -0.25) is 14.3 Å². The fourth-order valence-electron chi connectivity index (χ4n) is 2.61. The Morgan fingerprint density at radius 1 is 1.14 bits per heavy atom. The molecule has 0 aliphatic carbocycles. The molecular weight excluding hydrogens is 362 g/mol. The lowest BCUT2D eigenvalue weighted by atomic mass is 10.2. The zero-order chi connectivity index (χ0) is 20.1. The van der Waals surface area contributed by atoms with Gasteiger partial charge < -0.3 is 10.1 Å². The van der Waals surface area contributed by atoms with Crippen molar-refractivity contribution in [3.05, 3.63) is 64.7 Å². The number of ether oxygens (including phenoxy) is 1. The summed E-state index contributed by atoms with van der Waals surface area (Å²) in [4.78, 5) is 41.0. The van der Waals surface area contributed by atoms with E-state index < -0.39 is 17.6 Å². The van der Waals surface area contributed by atoms with Crippen LogP contribution in [-0.4, -0.2) is 37.8 Å². The molecule has 0 radical (unpaired) electrons. The van der Waals surface area contributed by atoms with Crippen molar-refractivity contribution in [3.8, 4) is 11.5 Å². The number of pyridine rings is 1. The van der Waals surface area contributed by atoms with Gasteiger partial charge in [0.15, 0.2) is 5.82 Å². The third kappa shape index (κ3) is 3.98. The fourth-order valence-corrected chi connectivity index (χ4v) is 2.61. The van der Waals surface area contributed by atoms with Crippen LogP contribution in [0.5, 0.6) is 0 Å². The lowest BCUT2D eigenvalue weighted by Gasteiger charge is -2.10. The van der Waals surface area contributed by atoms with Crippen LogP contribution in [0.2, 0.25) is 0 Å². The highest BCUT2D eigenvalue weighted by Gasteiger charge is 2.17. The average Bonchev–Trinajstić information content (AvgIpc) is 2.97. The molecule has 144 valence electrons. The van der Waals surface area contributed by atoms with E-state index in [0.29, 0.717) is 17.2 Å². The number of amides is 1. The third-order valence-electron chi connectivity index (χ3n) is 3.92. The molecule has 1 N–H and O–H groups in total. The summed E-state index contributed by atoms with van der Waals surface area (Å²) in [5.74, 6) is -0.680. The van der Waals surface area contributed by atoms with Crippen LogP contribution in [0.1, 0.15) is 17.3 Å². The van der Waals surface area contributed by atoms with Gasteiger partial charge in [-0.25, -0.2) is 14.3 Å². The second-order valence-electron chi connectivity index (χ2n) is 5.85. The van der Waals surface area contributed by atoms with E-state index in [9.17, 15) is 14.4 Å². The normalized spacial score (nSPS) is 10.5.